The fraction of sp³-hybridized carbons (Fsp3) is 0.900. The molecule has 0 saturated heterocycles. The number of unbranched alkanes of at least 4 members (excludes halogenated alkanes) is 9. The minimum Gasteiger partial charge on any atom is -0.481 e. The predicted molar refractivity (Wildman–Crippen MR) is 110 cm³/mol. The van der Waals surface area contributed by atoms with Crippen molar-refractivity contribution < 1.29 is 30.0 Å². The molecule has 0 aliphatic rings. The molecule has 8 N–H and O–H groups in total. The maximum absolute atomic E-state index is 9.64. The van der Waals surface area contributed by atoms with Crippen LogP contribution in [0.5, 0.6) is 0 Å². The van der Waals surface area contributed by atoms with Gasteiger partial charge in [-0.2, -0.15) is 0 Å². The molecule has 0 aromatic heterocycles. The van der Waals surface area contributed by atoms with Gasteiger partial charge in [0.15, 0.2) is 0 Å². The summed E-state index contributed by atoms with van der Waals surface area (Å²) in [5.41, 5.74) is 10.7. The molecule has 2 unspecified atom stereocenters. The maximum Gasteiger partial charge on any atom is 0.303 e. The molecule has 168 valence electrons. The topological polar surface area (TPSA) is 167 Å². The van der Waals surface area contributed by atoms with Gasteiger partial charge in [0.25, 0.3) is 0 Å². The second-order valence-electron chi connectivity index (χ2n) is 7.18. The van der Waals surface area contributed by atoms with Gasteiger partial charge in [-0.25, -0.2) is 0 Å². The number of aliphatic hydroxyl groups excluding tert-OH is 2. The number of carboxylic acid groups (broad SMARTS) is 2. The van der Waals surface area contributed by atoms with Crippen LogP contribution >= 0.6 is 0 Å². The van der Waals surface area contributed by atoms with Crippen molar-refractivity contribution in [2.75, 3.05) is 13.1 Å². The van der Waals surface area contributed by atoms with Gasteiger partial charge in [-0.3, -0.25) is 9.59 Å². The molecule has 8 nitrogen and oxygen atoms in total. The van der Waals surface area contributed by atoms with Gasteiger partial charge >= 0.3 is 11.9 Å². The average Bonchev–Trinajstić information content (AvgIpc) is 2.67. The van der Waals surface area contributed by atoms with Gasteiger partial charge in [0.2, 0.25) is 0 Å². The first-order valence-corrected chi connectivity index (χ1v) is 10.5. The summed E-state index contributed by atoms with van der Waals surface area (Å²) in [7, 11) is 0. The molecule has 0 radical (unpaired) electrons. The van der Waals surface area contributed by atoms with Crippen molar-refractivity contribution in [2.24, 2.45) is 11.5 Å². The minimum absolute atomic E-state index is 0.296. The summed E-state index contributed by atoms with van der Waals surface area (Å²) in [6.45, 7) is 0.782. The lowest BCUT2D eigenvalue weighted by Crippen LogP contribution is -2.19. The van der Waals surface area contributed by atoms with Gasteiger partial charge in [0, 0.05) is 13.1 Å². The van der Waals surface area contributed by atoms with E-state index in [9.17, 15) is 19.8 Å². The lowest BCUT2D eigenvalue weighted by molar-refractivity contribution is -0.143. The number of hydrogen-bond donors (Lipinski definition) is 6. The molecule has 0 bridgehead atoms. The van der Waals surface area contributed by atoms with Crippen LogP contribution in [0, 0.1) is 0 Å². The highest BCUT2D eigenvalue weighted by molar-refractivity contribution is 5.75. The van der Waals surface area contributed by atoms with E-state index in [1.165, 1.54) is 51.4 Å². The standard InChI is InChI=1S/C16H36N2O2.C4H6O4/c17-13-15(19)11-9-7-5-3-1-2-4-6-8-10-12-16(20)14-18;5-3(6)1-2-4(7)8/h15-16,19-20H,1-14,17-18H2;1-2H2,(H,5,6)(H,7,8). The highest BCUT2D eigenvalue weighted by Crippen LogP contribution is 2.12. The van der Waals surface area contributed by atoms with Crippen LogP contribution in [0.4, 0.5) is 0 Å². The highest BCUT2D eigenvalue weighted by atomic mass is 16.4. The van der Waals surface area contributed by atoms with Crippen LogP contribution in [-0.2, 0) is 9.59 Å². The molecule has 0 aliphatic carbocycles. The van der Waals surface area contributed by atoms with Gasteiger partial charge < -0.3 is 31.9 Å². The third-order valence-electron chi connectivity index (χ3n) is 4.42. The Labute approximate surface area is 169 Å². The lowest BCUT2D eigenvalue weighted by Gasteiger charge is -2.07. The Morgan fingerprint density at radius 1 is 0.571 bits per heavy atom. The van der Waals surface area contributed by atoms with Crippen LogP contribution in [0.15, 0.2) is 0 Å². The summed E-state index contributed by atoms with van der Waals surface area (Å²) in [5, 5.41) is 34.4. The Morgan fingerprint density at radius 2 is 0.821 bits per heavy atom. The van der Waals surface area contributed by atoms with E-state index in [2.05, 4.69) is 0 Å². The van der Waals surface area contributed by atoms with E-state index in [1.54, 1.807) is 0 Å². The van der Waals surface area contributed by atoms with Crippen molar-refractivity contribution in [2.45, 2.75) is 102 Å². The summed E-state index contributed by atoms with van der Waals surface area (Å²) >= 11 is 0. The zero-order valence-corrected chi connectivity index (χ0v) is 17.2. The molecular weight excluding hydrogens is 364 g/mol. The zero-order chi connectivity index (χ0) is 21.6. The number of aliphatic carboxylic acids is 2. The van der Waals surface area contributed by atoms with E-state index >= 15 is 0 Å². The Kier molecular flexibility index (Phi) is 22.8. The zero-order valence-electron chi connectivity index (χ0n) is 17.2. The van der Waals surface area contributed by atoms with E-state index < -0.39 is 11.9 Å². The molecule has 0 fully saturated rings. The number of hydrogen-bond acceptors (Lipinski definition) is 6. The largest absolute Gasteiger partial charge is 0.481 e. The van der Waals surface area contributed by atoms with Gasteiger partial charge in [-0.1, -0.05) is 64.2 Å². The second-order valence-corrected chi connectivity index (χ2v) is 7.18. The summed E-state index contributed by atoms with van der Waals surface area (Å²) < 4.78 is 0. The third-order valence-corrected chi connectivity index (χ3v) is 4.42. The van der Waals surface area contributed by atoms with E-state index in [4.69, 9.17) is 21.7 Å². The van der Waals surface area contributed by atoms with Gasteiger partial charge in [-0.05, 0) is 12.8 Å². The monoisotopic (exact) mass is 406 g/mol. The number of carboxylic acids is 2. The maximum atomic E-state index is 9.64. The van der Waals surface area contributed by atoms with Gasteiger partial charge in [-0.15, -0.1) is 0 Å². The fourth-order valence-corrected chi connectivity index (χ4v) is 2.62. The molecule has 28 heavy (non-hydrogen) atoms. The van der Waals surface area contributed by atoms with E-state index in [1.807, 2.05) is 0 Å². The molecule has 0 aliphatic heterocycles. The third kappa shape index (κ3) is 27.0. The van der Waals surface area contributed by atoms with Crippen LogP contribution < -0.4 is 11.5 Å². The number of carbonyl (C=O) groups is 2. The lowest BCUT2D eigenvalue weighted by atomic mass is 10.0. The normalized spacial score (nSPS) is 12.7. The molecule has 0 spiro atoms. The van der Waals surface area contributed by atoms with Crippen LogP contribution in [-0.4, -0.2) is 57.7 Å². The van der Waals surface area contributed by atoms with Crippen molar-refractivity contribution in [1.29, 1.82) is 0 Å². The molecule has 0 saturated carbocycles. The quantitative estimate of drug-likeness (QED) is 0.188. The first-order chi connectivity index (χ1) is 13.3. The van der Waals surface area contributed by atoms with E-state index in [0.717, 1.165) is 25.7 Å². The number of nitrogens with two attached hydrogens (primary N) is 2. The SMILES string of the molecule is NCC(O)CCCCCCCCCCCCC(O)CN.O=C(O)CCC(=O)O. The number of aliphatic hydroxyl groups is 2. The van der Waals surface area contributed by atoms with Gasteiger partial charge in [0.05, 0.1) is 25.0 Å². The predicted octanol–water partition coefficient (Wildman–Crippen LogP) is 2.24. The molecule has 2 atom stereocenters. The molecule has 0 aromatic carbocycles. The smallest absolute Gasteiger partial charge is 0.303 e. The van der Waals surface area contributed by atoms with Crippen molar-refractivity contribution in [3.63, 3.8) is 0 Å². The fourth-order valence-electron chi connectivity index (χ4n) is 2.62. The van der Waals surface area contributed by atoms with Gasteiger partial charge in [0.1, 0.15) is 0 Å². The first kappa shape index (κ1) is 29.0. The summed E-state index contributed by atoms with van der Waals surface area (Å²) in [4.78, 5) is 19.3. The van der Waals surface area contributed by atoms with Crippen molar-refractivity contribution in [3.05, 3.63) is 0 Å². The Balaban J connectivity index is 0. The van der Waals surface area contributed by atoms with Crippen LogP contribution in [0.1, 0.15) is 89.9 Å². The van der Waals surface area contributed by atoms with Crippen molar-refractivity contribution in [1.82, 2.24) is 0 Å². The highest BCUT2D eigenvalue weighted by Gasteiger charge is 2.01. The van der Waals surface area contributed by atoms with Crippen LogP contribution in [0.25, 0.3) is 0 Å². The molecule has 0 amide bonds. The van der Waals surface area contributed by atoms with E-state index in [-0.39, 0.29) is 25.0 Å². The second kappa shape index (κ2) is 22.1. The molecule has 8 heteroatoms. The summed E-state index contributed by atoms with van der Waals surface area (Å²) in [5.74, 6) is -2.15. The first-order valence-electron chi connectivity index (χ1n) is 10.5. The summed E-state index contributed by atoms with van der Waals surface area (Å²) in [6, 6.07) is 0. The number of rotatable bonds is 18. The van der Waals surface area contributed by atoms with Crippen LogP contribution in [0.2, 0.25) is 0 Å². The van der Waals surface area contributed by atoms with Crippen molar-refractivity contribution >= 4 is 11.9 Å². The van der Waals surface area contributed by atoms with Crippen molar-refractivity contribution in [3.8, 4) is 0 Å². The van der Waals surface area contributed by atoms with Crippen LogP contribution in [0.3, 0.4) is 0 Å². The van der Waals surface area contributed by atoms with E-state index in [0.29, 0.717) is 13.1 Å². The Bertz CT molecular complexity index is 335. The average molecular weight is 407 g/mol. The molecule has 0 aromatic rings. The Hall–Kier alpha value is -1.22. The Morgan fingerprint density at radius 3 is 1.04 bits per heavy atom. The summed E-state index contributed by atoms with van der Waals surface area (Å²) in [6.07, 6.45) is 13.0. The minimum atomic E-state index is -1.08. The molecular formula is C20H42N2O6. The molecule has 0 heterocycles. The molecule has 0 rings (SSSR count).